The first-order valence-corrected chi connectivity index (χ1v) is 15.1. The first-order chi connectivity index (χ1) is 18.8. The Kier molecular flexibility index (Phi) is 10.2. The number of morpholine rings is 1. The second kappa shape index (κ2) is 13.6. The highest BCUT2D eigenvalue weighted by Crippen LogP contribution is 2.29. The number of sulfonamides is 1. The number of amides is 1. The van der Waals surface area contributed by atoms with Gasteiger partial charge in [0.05, 0.1) is 30.8 Å². The zero-order chi connectivity index (χ0) is 27.8. The van der Waals surface area contributed by atoms with E-state index in [0.29, 0.717) is 31.7 Å². The van der Waals surface area contributed by atoms with Gasteiger partial charge in [0.2, 0.25) is 10.0 Å². The molecule has 212 valence electrons. The molecular formula is C30H40N2O6S. The monoisotopic (exact) mass is 556 g/mol. The lowest BCUT2D eigenvalue weighted by Gasteiger charge is -2.40. The maximum Gasteiger partial charge on any atom is 0.252 e. The molecule has 0 spiro atoms. The van der Waals surface area contributed by atoms with Crippen LogP contribution in [0.1, 0.15) is 37.7 Å². The molecule has 1 heterocycles. The third kappa shape index (κ3) is 7.48. The Morgan fingerprint density at radius 1 is 1.15 bits per heavy atom. The molecule has 1 unspecified atom stereocenters. The molecule has 8 nitrogen and oxygen atoms in total. The summed E-state index contributed by atoms with van der Waals surface area (Å²) in [4.78, 5) is 15.2. The third-order valence-electron chi connectivity index (χ3n) is 7.64. The molecular weight excluding hydrogens is 516 g/mol. The maximum atomic E-state index is 13.7. The topological polar surface area (TPSA) is 96.4 Å². The summed E-state index contributed by atoms with van der Waals surface area (Å²) in [5.41, 5.74) is 1.06. The van der Waals surface area contributed by atoms with Crippen LogP contribution in [0.4, 0.5) is 0 Å². The molecule has 2 fully saturated rings. The van der Waals surface area contributed by atoms with Crippen LogP contribution < -0.4 is 4.74 Å². The number of hydrogen-bond donors (Lipinski definition) is 1. The van der Waals surface area contributed by atoms with Crippen molar-refractivity contribution in [2.45, 2.75) is 61.7 Å². The van der Waals surface area contributed by atoms with Crippen molar-refractivity contribution in [1.82, 2.24) is 9.21 Å². The quantitative estimate of drug-likeness (QED) is 0.379. The van der Waals surface area contributed by atoms with Crippen molar-refractivity contribution < 1.29 is 27.8 Å². The van der Waals surface area contributed by atoms with Crippen molar-refractivity contribution in [3.63, 3.8) is 0 Å². The average Bonchev–Trinajstić information content (AvgIpc) is 3.46. The van der Waals surface area contributed by atoms with E-state index < -0.39 is 22.2 Å². The maximum absolute atomic E-state index is 13.7. The van der Waals surface area contributed by atoms with E-state index in [2.05, 4.69) is 6.58 Å². The van der Waals surface area contributed by atoms with Crippen LogP contribution in [-0.2, 0) is 26.0 Å². The van der Waals surface area contributed by atoms with Gasteiger partial charge >= 0.3 is 0 Å². The standard InChI is InChI=1S/C30H40N2O6S/c1-3-9-29-30(34)32(25(22-38-29)18-23-10-5-4-6-11-23)21-26(33)20-31(19-24-12-7-8-13-24)39(35,36)28-16-14-27(37-2)15-17-28/h3-6,10-11,14-17,24-26,29,33H,1,7-9,12-13,18-22H2,2H3/t25-,26-,29?/m0/s1. The van der Waals surface area contributed by atoms with Crippen molar-refractivity contribution in [2.75, 3.05) is 33.4 Å². The van der Waals surface area contributed by atoms with E-state index in [1.807, 2.05) is 30.3 Å². The van der Waals surface area contributed by atoms with Gasteiger partial charge in [-0.2, -0.15) is 4.31 Å². The highest BCUT2D eigenvalue weighted by Gasteiger charge is 2.38. The molecule has 0 bridgehead atoms. The molecule has 9 heteroatoms. The fraction of sp³-hybridized carbons (Fsp3) is 0.500. The minimum atomic E-state index is -3.87. The number of aliphatic hydroxyl groups excluding tert-OH is 1. The molecule has 0 aromatic heterocycles. The summed E-state index contributed by atoms with van der Waals surface area (Å²) in [6.45, 7) is 4.34. The first-order valence-electron chi connectivity index (χ1n) is 13.7. The molecule has 1 N–H and O–H groups in total. The summed E-state index contributed by atoms with van der Waals surface area (Å²) in [7, 11) is -2.34. The summed E-state index contributed by atoms with van der Waals surface area (Å²) in [5, 5.41) is 11.3. The van der Waals surface area contributed by atoms with Gasteiger partial charge in [-0.25, -0.2) is 8.42 Å². The molecule has 1 aliphatic heterocycles. The van der Waals surface area contributed by atoms with Crippen molar-refractivity contribution >= 4 is 15.9 Å². The van der Waals surface area contributed by atoms with Crippen LogP contribution in [0.25, 0.3) is 0 Å². The normalized spacial score (nSPS) is 21.3. The van der Waals surface area contributed by atoms with E-state index in [0.717, 1.165) is 31.2 Å². The van der Waals surface area contributed by atoms with Gasteiger partial charge < -0.3 is 19.5 Å². The SMILES string of the molecule is C=CCC1OC[C@H](Cc2ccccc2)N(C[C@@H](O)CN(CC2CCCC2)S(=O)(=O)c2ccc(OC)cc2)C1=O. The Labute approximate surface area is 232 Å². The minimum absolute atomic E-state index is 0.0205. The Morgan fingerprint density at radius 3 is 2.49 bits per heavy atom. The predicted molar refractivity (Wildman–Crippen MR) is 150 cm³/mol. The van der Waals surface area contributed by atoms with E-state index in [4.69, 9.17) is 9.47 Å². The van der Waals surface area contributed by atoms with Crippen molar-refractivity contribution in [3.05, 3.63) is 72.8 Å². The number of carbonyl (C=O) groups excluding carboxylic acids is 1. The molecule has 39 heavy (non-hydrogen) atoms. The molecule has 1 aliphatic carbocycles. The lowest BCUT2D eigenvalue weighted by atomic mass is 10.0. The Balaban J connectivity index is 1.53. The predicted octanol–water partition coefficient (Wildman–Crippen LogP) is 3.65. The Hall–Kier alpha value is -2.72. The van der Waals surface area contributed by atoms with Gasteiger partial charge in [0.15, 0.2) is 0 Å². The second-order valence-corrected chi connectivity index (χ2v) is 12.4. The molecule has 0 radical (unpaired) electrons. The third-order valence-corrected chi connectivity index (χ3v) is 9.49. The average molecular weight is 557 g/mol. The number of nitrogens with zero attached hydrogens (tertiary/aromatic N) is 2. The molecule has 1 saturated carbocycles. The molecule has 2 aromatic rings. The van der Waals surface area contributed by atoms with Gasteiger partial charge in [0.1, 0.15) is 11.9 Å². The summed E-state index contributed by atoms with van der Waals surface area (Å²) < 4.78 is 39.9. The van der Waals surface area contributed by atoms with Gasteiger partial charge in [-0.1, -0.05) is 49.2 Å². The van der Waals surface area contributed by atoms with E-state index in [-0.39, 0.29) is 35.9 Å². The lowest BCUT2D eigenvalue weighted by Crippen LogP contribution is -2.57. The zero-order valence-corrected chi connectivity index (χ0v) is 23.5. The number of rotatable bonds is 13. The molecule has 2 aliphatic rings. The number of hydrogen-bond acceptors (Lipinski definition) is 6. The second-order valence-electron chi connectivity index (χ2n) is 10.5. The van der Waals surface area contributed by atoms with Crippen LogP contribution >= 0.6 is 0 Å². The Bertz CT molecular complexity index is 1180. The van der Waals surface area contributed by atoms with Crippen LogP contribution in [0, 0.1) is 5.92 Å². The van der Waals surface area contributed by atoms with Gasteiger partial charge in [-0.15, -0.1) is 6.58 Å². The fourth-order valence-corrected chi connectivity index (χ4v) is 7.09. The fourth-order valence-electron chi connectivity index (χ4n) is 5.54. The largest absolute Gasteiger partial charge is 0.497 e. The van der Waals surface area contributed by atoms with Crippen LogP contribution in [-0.4, -0.2) is 80.2 Å². The molecule has 1 saturated heterocycles. The van der Waals surface area contributed by atoms with Gasteiger partial charge in [0.25, 0.3) is 5.91 Å². The lowest BCUT2D eigenvalue weighted by molar-refractivity contribution is -0.161. The van der Waals surface area contributed by atoms with Gasteiger partial charge in [0, 0.05) is 26.1 Å². The summed E-state index contributed by atoms with van der Waals surface area (Å²) in [6, 6.07) is 15.9. The molecule has 2 aromatic carbocycles. The van der Waals surface area contributed by atoms with Crippen molar-refractivity contribution in [2.24, 2.45) is 5.92 Å². The number of ether oxygens (including phenoxy) is 2. The van der Waals surface area contributed by atoms with Crippen LogP contribution in [0.15, 0.2) is 72.1 Å². The van der Waals surface area contributed by atoms with Gasteiger partial charge in [-0.3, -0.25) is 4.79 Å². The molecule has 3 atom stereocenters. The highest BCUT2D eigenvalue weighted by molar-refractivity contribution is 7.89. The van der Waals surface area contributed by atoms with E-state index >= 15 is 0 Å². The number of aliphatic hydroxyl groups is 1. The zero-order valence-electron chi connectivity index (χ0n) is 22.7. The van der Waals surface area contributed by atoms with Gasteiger partial charge in [-0.05, 0) is 55.0 Å². The Morgan fingerprint density at radius 2 is 1.85 bits per heavy atom. The van der Waals surface area contributed by atoms with Crippen LogP contribution in [0.2, 0.25) is 0 Å². The summed E-state index contributed by atoms with van der Waals surface area (Å²) in [5.74, 6) is 0.611. The molecule has 1 amide bonds. The summed E-state index contributed by atoms with van der Waals surface area (Å²) in [6.07, 6.45) is 4.99. The van der Waals surface area contributed by atoms with E-state index in [9.17, 15) is 18.3 Å². The first kappa shape index (κ1) is 29.3. The van der Waals surface area contributed by atoms with Crippen molar-refractivity contribution in [1.29, 1.82) is 0 Å². The van der Waals surface area contributed by atoms with Crippen molar-refractivity contribution in [3.8, 4) is 5.75 Å². The van der Waals surface area contributed by atoms with Crippen LogP contribution in [0.5, 0.6) is 5.75 Å². The summed E-state index contributed by atoms with van der Waals surface area (Å²) >= 11 is 0. The number of methoxy groups -OCH3 is 1. The highest BCUT2D eigenvalue weighted by atomic mass is 32.2. The number of β-amino-alcohol motifs (C(OH)–C–C–N with tert-alkyl or cyclic N) is 1. The van der Waals surface area contributed by atoms with E-state index in [1.165, 1.54) is 23.5 Å². The number of carbonyl (C=O) groups is 1. The van der Waals surface area contributed by atoms with Crippen LogP contribution in [0.3, 0.4) is 0 Å². The van der Waals surface area contributed by atoms with E-state index in [1.54, 1.807) is 23.1 Å². The number of benzene rings is 2. The minimum Gasteiger partial charge on any atom is -0.497 e. The molecule has 4 rings (SSSR count). The smallest absolute Gasteiger partial charge is 0.252 e.